The van der Waals surface area contributed by atoms with Crippen molar-refractivity contribution in [1.82, 2.24) is 10.4 Å². The summed E-state index contributed by atoms with van der Waals surface area (Å²) in [4.78, 5) is 0. The largest absolute Gasteiger partial charge is 0.493 e. The van der Waals surface area contributed by atoms with E-state index >= 15 is 0 Å². The average Bonchev–Trinajstić information content (AvgIpc) is 2.70. The Labute approximate surface area is 104 Å². The summed E-state index contributed by atoms with van der Waals surface area (Å²) < 4.78 is 12.0. The predicted octanol–water partition coefficient (Wildman–Crippen LogP) is 1.73. The Bertz CT molecular complexity index is 323. The Morgan fingerprint density at radius 3 is 2.18 bits per heavy atom. The molecule has 2 rings (SSSR count). The fourth-order valence-corrected chi connectivity index (χ4v) is 1.92. The Hall–Kier alpha value is -0.515. The minimum absolute atomic E-state index is 0.226. The van der Waals surface area contributed by atoms with Crippen molar-refractivity contribution >= 4 is 7.12 Å². The van der Waals surface area contributed by atoms with Crippen LogP contribution in [0.4, 0.5) is 0 Å². The Morgan fingerprint density at radius 1 is 1.24 bits per heavy atom. The van der Waals surface area contributed by atoms with Crippen molar-refractivity contribution < 1.29 is 9.31 Å². The highest BCUT2D eigenvalue weighted by Crippen LogP contribution is 2.38. The van der Waals surface area contributed by atoms with Gasteiger partial charge in [0.1, 0.15) is 0 Å². The molecule has 0 saturated carbocycles. The summed E-state index contributed by atoms with van der Waals surface area (Å²) in [5.41, 5.74) is 3.96. The minimum atomic E-state index is -0.260. The molecule has 4 nitrogen and oxygen atoms in total. The quantitative estimate of drug-likeness (QED) is 0.743. The van der Waals surface area contributed by atoms with Gasteiger partial charge < -0.3 is 14.3 Å². The van der Waals surface area contributed by atoms with E-state index in [4.69, 9.17) is 9.31 Å². The minimum Gasteiger partial charge on any atom is -0.399 e. The third-order valence-corrected chi connectivity index (χ3v) is 3.88. The summed E-state index contributed by atoms with van der Waals surface area (Å²) in [6.07, 6.45) is 2.10. The molecule has 0 aromatic carbocycles. The molecule has 0 bridgehead atoms. The summed E-state index contributed by atoms with van der Waals surface area (Å²) in [6.45, 7) is 13.4. The lowest BCUT2D eigenvalue weighted by Gasteiger charge is -2.32. The molecule has 2 aliphatic rings. The lowest BCUT2D eigenvalue weighted by Crippen LogP contribution is -2.41. The molecule has 0 radical (unpaired) electrons. The maximum Gasteiger partial charge on any atom is 0.493 e. The van der Waals surface area contributed by atoms with E-state index in [-0.39, 0.29) is 18.3 Å². The third kappa shape index (κ3) is 2.24. The smallest absolute Gasteiger partial charge is 0.399 e. The van der Waals surface area contributed by atoms with E-state index in [2.05, 4.69) is 58.2 Å². The molecule has 5 heteroatoms. The van der Waals surface area contributed by atoms with Crippen LogP contribution in [0.25, 0.3) is 0 Å². The molecule has 0 amide bonds. The molecule has 2 heterocycles. The van der Waals surface area contributed by atoms with Gasteiger partial charge >= 0.3 is 7.12 Å². The second-order valence-electron chi connectivity index (χ2n) is 6.13. The van der Waals surface area contributed by atoms with Gasteiger partial charge in [0.2, 0.25) is 0 Å². The van der Waals surface area contributed by atoms with Gasteiger partial charge in [-0.25, -0.2) is 5.43 Å². The highest BCUT2D eigenvalue weighted by atomic mass is 16.7. The second-order valence-corrected chi connectivity index (χ2v) is 6.13. The topological polar surface area (TPSA) is 33.7 Å². The Balaban J connectivity index is 2.10. The monoisotopic (exact) mass is 238 g/mol. The first-order chi connectivity index (χ1) is 7.73. The molecular weight excluding hydrogens is 215 g/mol. The van der Waals surface area contributed by atoms with Crippen molar-refractivity contribution in [3.8, 4) is 0 Å². The van der Waals surface area contributed by atoms with E-state index in [1.165, 1.54) is 0 Å². The number of hydrogen-bond donors (Lipinski definition) is 1. The highest BCUT2D eigenvalue weighted by Gasteiger charge is 2.52. The van der Waals surface area contributed by atoms with E-state index in [1.807, 2.05) is 0 Å². The molecule has 0 spiro atoms. The zero-order valence-corrected chi connectivity index (χ0v) is 11.7. The van der Waals surface area contributed by atoms with E-state index < -0.39 is 0 Å². The molecule has 1 N–H and O–H groups in total. The summed E-state index contributed by atoms with van der Waals surface area (Å²) in [6, 6.07) is 0.440. The number of nitrogens with zero attached hydrogens (tertiary/aromatic N) is 1. The van der Waals surface area contributed by atoms with Crippen LogP contribution in [-0.4, -0.2) is 35.9 Å². The number of rotatable bonds is 2. The van der Waals surface area contributed by atoms with Gasteiger partial charge in [0.05, 0.1) is 11.2 Å². The molecule has 1 fully saturated rings. The van der Waals surface area contributed by atoms with Crippen molar-refractivity contribution in [2.24, 2.45) is 0 Å². The van der Waals surface area contributed by atoms with Crippen LogP contribution < -0.4 is 5.43 Å². The van der Waals surface area contributed by atoms with Crippen LogP contribution in [0.2, 0.25) is 0 Å². The van der Waals surface area contributed by atoms with Crippen LogP contribution in [0.1, 0.15) is 41.5 Å². The molecule has 96 valence electrons. The molecule has 1 saturated heterocycles. The summed E-state index contributed by atoms with van der Waals surface area (Å²) >= 11 is 0. The van der Waals surface area contributed by atoms with Crippen molar-refractivity contribution in [1.29, 1.82) is 0 Å². The van der Waals surface area contributed by atoms with Crippen molar-refractivity contribution in [2.45, 2.75) is 58.8 Å². The first kappa shape index (κ1) is 12.9. The van der Waals surface area contributed by atoms with Crippen molar-refractivity contribution in [3.05, 3.63) is 11.7 Å². The van der Waals surface area contributed by atoms with E-state index in [1.54, 1.807) is 0 Å². The fourth-order valence-electron chi connectivity index (χ4n) is 1.92. The van der Waals surface area contributed by atoms with Crippen LogP contribution in [0, 0.1) is 0 Å². The number of hydrogen-bond acceptors (Lipinski definition) is 4. The molecule has 0 atom stereocenters. The summed E-state index contributed by atoms with van der Waals surface area (Å²) in [7, 11) is -0.226. The van der Waals surface area contributed by atoms with Gasteiger partial charge in [-0.2, -0.15) is 0 Å². The van der Waals surface area contributed by atoms with Gasteiger partial charge in [0.15, 0.2) is 0 Å². The lowest BCUT2D eigenvalue weighted by atomic mass is 9.79. The molecule has 0 unspecified atom stereocenters. The van der Waals surface area contributed by atoms with Gasteiger partial charge in [0.25, 0.3) is 0 Å². The molecule has 2 aliphatic heterocycles. The van der Waals surface area contributed by atoms with Crippen molar-refractivity contribution in [2.75, 3.05) is 6.54 Å². The Kier molecular flexibility index (Phi) is 3.05. The predicted molar refractivity (Wildman–Crippen MR) is 69.1 cm³/mol. The van der Waals surface area contributed by atoms with Gasteiger partial charge in [-0.3, -0.25) is 0 Å². The third-order valence-electron chi connectivity index (χ3n) is 3.88. The van der Waals surface area contributed by atoms with Gasteiger partial charge in [0, 0.05) is 18.8 Å². The normalized spacial score (nSPS) is 26.9. The van der Waals surface area contributed by atoms with Crippen LogP contribution in [-0.2, 0) is 9.31 Å². The van der Waals surface area contributed by atoms with E-state index in [9.17, 15) is 0 Å². The maximum absolute atomic E-state index is 6.02. The van der Waals surface area contributed by atoms with Crippen molar-refractivity contribution in [3.63, 3.8) is 0 Å². The van der Waals surface area contributed by atoms with Crippen LogP contribution in [0.15, 0.2) is 11.7 Å². The zero-order chi connectivity index (χ0) is 12.8. The lowest BCUT2D eigenvalue weighted by molar-refractivity contribution is 0.00578. The summed E-state index contributed by atoms with van der Waals surface area (Å²) in [5, 5.41) is 2.10. The SMILES string of the molecule is CC(C)N1C=C(B2OC(C)(C)C(C)(C)O2)CN1. The van der Waals surface area contributed by atoms with Crippen LogP contribution in [0.5, 0.6) is 0 Å². The van der Waals surface area contributed by atoms with Crippen LogP contribution >= 0.6 is 0 Å². The highest BCUT2D eigenvalue weighted by molar-refractivity contribution is 6.54. The fraction of sp³-hybridized carbons (Fsp3) is 0.833. The first-order valence-corrected chi connectivity index (χ1v) is 6.31. The zero-order valence-electron chi connectivity index (χ0n) is 11.7. The standard InChI is InChI=1S/C12H23BN2O2/c1-9(2)15-8-10(7-14-15)13-16-11(3,4)12(5,6)17-13/h8-9,14H,7H2,1-6H3. The molecule has 0 aromatic rings. The number of hydrazine groups is 1. The second kappa shape index (κ2) is 4.00. The van der Waals surface area contributed by atoms with Gasteiger partial charge in [-0.05, 0) is 47.0 Å². The first-order valence-electron chi connectivity index (χ1n) is 6.31. The number of nitrogens with one attached hydrogen (secondary N) is 1. The Morgan fingerprint density at radius 2 is 1.76 bits per heavy atom. The van der Waals surface area contributed by atoms with Crippen LogP contribution in [0.3, 0.4) is 0 Å². The van der Waals surface area contributed by atoms with E-state index in [0.717, 1.165) is 12.0 Å². The molecular formula is C12H23BN2O2. The summed E-state index contributed by atoms with van der Waals surface area (Å²) in [5.74, 6) is 0. The van der Waals surface area contributed by atoms with E-state index in [0.29, 0.717) is 6.04 Å². The van der Waals surface area contributed by atoms with Gasteiger partial charge in [-0.15, -0.1) is 0 Å². The average molecular weight is 238 g/mol. The molecule has 17 heavy (non-hydrogen) atoms. The van der Waals surface area contributed by atoms with Gasteiger partial charge in [-0.1, -0.05) is 0 Å². The maximum atomic E-state index is 6.02. The molecule has 0 aromatic heterocycles. The molecule has 0 aliphatic carbocycles.